The van der Waals surface area contributed by atoms with Crippen LogP contribution in [0.5, 0.6) is 0 Å². The highest BCUT2D eigenvalue weighted by molar-refractivity contribution is 5.82. The molecule has 1 heterocycles. The summed E-state index contributed by atoms with van der Waals surface area (Å²) in [5.74, 6) is 0.578. The van der Waals surface area contributed by atoms with Gasteiger partial charge in [-0.15, -0.1) is 0 Å². The predicted octanol–water partition coefficient (Wildman–Crippen LogP) is 4.35. The molecule has 0 fully saturated rings. The van der Waals surface area contributed by atoms with Crippen molar-refractivity contribution >= 4 is 11.0 Å². The van der Waals surface area contributed by atoms with Crippen molar-refractivity contribution in [2.45, 2.75) is 13.5 Å². The van der Waals surface area contributed by atoms with E-state index in [1.54, 1.807) is 6.07 Å². The maximum absolute atomic E-state index is 13.7. The van der Waals surface area contributed by atoms with Gasteiger partial charge < -0.3 is 9.73 Å². The van der Waals surface area contributed by atoms with E-state index in [2.05, 4.69) is 5.32 Å². The van der Waals surface area contributed by atoms with Gasteiger partial charge in [-0.25, -0.2) is 4.39 Å². The Hall–Kier alpha value is -2.13. The van der Waals surface area contributed by atoms with Gasteiger partial charge in [0, 0.05) is 23.1 Å². The van der Waals surface area contributed by atoms with Gasteiger partial charge in [0.05, 0.1) is 0 Å². The highest BCUT2D eigenvalue weighted by Gasteiger charge is 2.09. The lowest BCUT2D eigenvalue weighted by molar-refractivity contribution is 0.592. The van der Waals surface area contributed by atoms with E-state index in [9.17, 15) is 4.39 Å². The van der Waals surface area contributed by atoms with E-state index >= 15 is 0 Å². The molecule has 102 valence electrons. The SMILES string of the molecule is CCNCc1cc(-c2cc3ccccc3o2)ccc1F. The second-order valence-electron chi connectivity index (χ2n) is 4.73. The fourth-order valence-corrected chi connectivity index (χ4v) is 2.25. The monoisotopic (exact) mass is 269 g/mol. The lowest BCUT2D eigenvalue weighted by Gasteiger charge is -2.05. The lowest BCUT2D eigenvalue weighted by atomic mass is 10.1. The Bertz CT molecular complexity index is 700. The van der Waals surface area contributed by atoms with E-state index in [1.165, 1.54) is 6.07 Å². The molecule has 0 aliphatic carbocycles. The number of fused-ring (bicyclic) bond motifs is 1. The van der Waals surface area contributed by atoms with Crippen LogP contribution < -0.4 is 5.32 Å². The molecule has 0 aliphatic rings. The summed E-state index contributed by atoms with van der Waals surface area (Å²) in [5.41, 5.74) is 2.40. The molecule has 3 heteroatoms. The minimum absolute atomic E-state index is 0.189. The van der Waals surface area contributed by atoms with Crippen LogP contribution in [0.4, 0.5) is 4.39 Å². The molecule has 0 unspecified atom stereocenters. The largest absolute Gasteiger partial charge is 0.456 e. The number of furan rings is 1. The average Bonchev–Trinajstić information content (AvgIpc) is 2.90. The van der Waals surface area contributed by atoms with Crippen LogP contribution >= 0.6 is 0 Å². The highest BCUT2D eigenvalue weighted by Crippen LogP contribution is 2.28. The van der Waals surface area contributed by atoms with Crippen molar-refractivity contribution in [3.8, 4) is 11.3 Å². The smallest absolute Gasteiger partial charge is 0.135 e. The topological polar surface area (TPSA) is 25.2 Å². The van der Waals surface area contributed by atoms with Crippen LogP contribution in [0.2, 0.25) is 0 Å². The van der Waals surface area contributed by atoms with Gasteiger partial charge in [0.1, 0.15) is 17.2 Å². The maximum atomic E-state index is 13.7. The molecule has 2 nitrogen and oxygen atoms in total. The Morgan fingerprint density at radius 3 is 2.75 bits per heavy atom. The fourth-order valence-electron chi connectivity index (χ4n) is 2.25. The van der Waals surface area contributed by atoms with Crippen LogP contribution in [-0.4, -0.2) is 6.54 Å². The third kappa shape index (κ3) is 2.45. The van der Waals surface area contributed by atoms with Crippen molar-refractivity contribution in [1.82, 2.24) is 5.32 Å². The molecule has 0 saturated heterocycles. The first-order valence-electron chi connectivity index (χ1n) is 6.76. The second kappa shape index (κ2) is 5.47. The number of para-hydroxylation sites is 1. The normalized spacial score (nSPS) is 11.1. The number of hydrogen-bond donors (Lipinski definition) is 1. The average molecular weight is 269 g/mol. The van der Waals surface area contributed by atoms with Crippen LogP contribution in [0.1, 0.15) is 12.5 Å². The molecule has 20 heavy (non-hydrogen) atoms. The zero-order chi connectivity index (χ0) is 13.9. The van der Waals surface area contributed by atoms with Gasteiger partial charge in [0.25, 0.3) is 0 Å². The first kappa shape index (κ1) is 12.9. The molecular weight excluding hydrogens is 253 g/mol. The maximum Gasteiger partial charge on any atom is 0.135 e. The van der Waals surface area contributed by atoms with Gasteiger partial charge in [-0.2, -0.15) is 0 Å². The summed E-state index contributed by atoms with van der Waals surface area (Å²) in [6.07, 6.45) is 0. The summed E-state index contributed by atoms with van der Waals surface area (Å²) >= 11 is 0. The van der Waals surface area contributed by atoms with Crippen molar-refractivity contribution < 1.29 is 8.81 Å². The fraction of sp³-hybridized carbons (Fsp3) is 0.176. The molecule has 0 aliphatic heterocycles. The lowest BCUT2D eigenvalue weighted by Crippen LogP contribution is -2.12. The molecule has 0 atom stereocenters. The molecule has 1 aromatic heterocycles. The Balaban J connectivity index is 2.00. The molecule has 2 aromatic carbocycles. The Labute approximate surface area is 117 Å². The number of hydrogen-bond acceptors (Lipinski definition) is 2. The van der Waals surface area contributed by atoms with E-state index in [0.717, 1.165) is 28.8 Å². The van der Waals surface area contributed by atoms with Gasteiger partial charge in [-0.05, 0) is 36.9 Å². The van der Waals surface area contributed by atoms with E-state index in [-0.39, 0.29) is 5.82 Å². The Morgan fingerprint density at radius 2 is 1.95 bits per heavy atom. The van der Waals surface area contributed by atoms with Crippen molar-refractivity contribution in [2.75, 3.05) is 6.54 Å². The molecule has 0 bridgehead atoms. The molecule has 1 N–H and O–H groups in total. The first-order chi connectivity index (χ1) is 9.78. The molecule has 3 aromatic rings. The van der Waals surface area contributed by atoms with Gasteiger partial charge in [-0.1, -0.05) is 25.1 Å². The van der Waals surface area contributed by atoms with Gasteiger partial charge in [-0.3, -0.25) is 0 Å². The van der Waals surface area contributed by atoms with Gasteiger partial charge >= 0.3 is 0 Å². The van der Waals surface area contributed by atoms with E-state index in [0.29, 0.717) is 12.1 Å². The number of rotatable bonds is 4. The number of benzene rings is 2. The Kier molecular flexibility index (Phi) is 3.52. The zero-order valence-corrected chi connectivity index (χ0v) is 11.3. The number of nitrogens with one attached hydrogen (secondary N) is 1. The zero-order valence-electron chi connectivity index (χ0n) is 11.3. The van der Waals surface area contributed by atoms with Crippen LogP contribution in [0.15, 0.2) is 52.9 Å². The summed E-state index contributed by atoms with van der Waals surface area (Å²) in [4.78, 5) is 0. The van der Waals surface area contributed by atoms with Crippen molar-refractivity contribution in [3.63, 3.8) is 0 Å². The summed E-state index contributed by atoms with van der Waals surface area (Å²) in [5, 5.41) is 4.20. The van der Waals surface area contributed by atoms with Crippen molar-refractivity contribution in [2.24, 2.45) is 0 Å². The third-order valence-corrected chi connectivity index (χ3v) is 3.32. The molecule has 3 rings (SSSR count). The molecule has 0 radical (unpaired) electrons. The van der Waals surface area contributed by atoms with Crippen LogP contribution in [0.3, 0.4) is 0 Å². The van der Waals surface area contributed by atoms with Crippen LogP contribution in [0, 0.1) is 5.82 Å². The van der Waals surface area contributed by atoms with E-state index in [4.69, 9.17) is 4.42 Å². The van der Waals surface area contributed by atoms with Crippen LogP contribution in [-0.2, 0) is 6.54 Å². The predicted molar refractivity (Wildman–Crippen MR) is 79.0 cm³/mol. The first-order valence-corrected chi connectivity index (χ1v) is 6.76. The highest BCUT2D eigenvalue weighted by atomic mass is 19.1. The van der Waals surface area contributed by atoms with Gasteiger partial charge in [0.15, 0.2) is 0 Å². The molecular formula is C17H16FNO. The van der Waals surface area contributed by atoms with E-state index in [1.807, 2.05) is 43.3 Å². The quantitative estimate of drug-likeness (QED) is 0.761. The molecule has 0 saturated carbocycles. The minimum atomic E-state index is -0.189. The summed E-state index contributed by atoms with van der Waals surface area (Å²) in [6, 6.07) is 14.9. The molecule has 0 amide bonds. The Morgan fingerprint density at radius 1 is 1.10 bits per heavy atom. The number of halogens is 1. The summed E-state index contributed by atoms with van der Waals surface area (Å²) in [7, 11) is 0. The summed E-state index contributed by atoms with van der Waals surface area (Å²) < 4.78 is 19.6. The molecule has 0 spiro atoms. The van der Waals surface area contributed by atoms with Crippen molar-refractivity contribution in [3.05, 3.63) is 59.9 Å². The standard InChI is InChI=1S/C17H16FNO/c1-2-19-11-14-9-13(7-8-15(14)18)17-10-12-5-3-4-6-16(12)20-17/h3-10,19H,2,11H2,1H3. The van der Waals surface area contributed by atoms with E-state index < -0.39 is 0 Å². The van der Waals surface area contributed by atoms with Gasteiger partial charge in [0.2, 0.25) is 0 Å². The third-order valence-electron chi connectivity index (χ3n) is 3.32. The minimum Gasteiger partial charge on any atom is -0.456 e. The second-order valence-corrected chi connectivity index (χ2v) is 4.73. The van der Waals surface area contributed by atoms with Crippen molar-refractivity contribution in [1.29, 1.82) is 0 Å². The van der Waals surface area contributed by atoms with Crippen LogP contribution in [0.25, 0.3) is 22.3 Å². The summed E-state index contributed by atoms with van der Waals surface area (Å²) in [6.45, 7) is 3.34.